The number of amides is 2. The minimum absolute atomic E-state index is 0.0596. The first kappa shape index (κ1) is 18.2. The fourth-order valence-electron chi connectivity index (χ4n) is 2.43. The first-order valence-electron chi connectivity index (χ1n) is 8.15. The predicted octanol–water partition coefficient (Wildman–Crippen LogP) is 2.14. The van der Waals surface area contributed by atoms with Crippen LogP contribution in [0.15, 0.2) is 36.5 Å². The second-order valence-electron chi connectivity index (χ2n) is 5.80. The molecular weight excluding hydrogens is 352 g/mol. The van der Waals surface area contributed by atoms with Gasteiger partial charge in [0, 0.05) is 42.7 Å². The molecule has 1 saturated heterocycles. The molecule has 3 N–H and O–H groups in total. The summed E-state index contributed by atoms with van der Waals surface area (Å²) in [5, 5.41) is 8.57. The molecule has 0 bridgehead atoms. The van der Waals surface area contributed by atoms with E-state index in [-0.39, 0.29) is 23.6 Å². The number of aromatic nitrogens is 1. The molecule has 2 heterocycles. The van der Waals surface area contributed by atoms with Crippen LogP contribution in [-0.2, 0) is 4.79 Å². The lowest BCUT2D eigenvalue weighted by Crippen LogP contribution is -2.37. The number of nitrogens with one attached hydrogen (secondary N) is 3. The Bertz CT molecular complexity index is 822. The zero-order valence-electron chi connectivity index (χ0n) is 14.5. The largest absolute Gasteiger partial charge is 0.457 e. The monoisotopic (exact) mass is 372 g/mol. The van der Waals surface area contributed by atoms with Crippen LogP contribution in [0.25, 0.3) is 0 Å². The molecule has 0 radical (unpaired) electrons. The molecule has 2 aromatic rings. The van der Waals surface area contributed by atoms with E-state index in [1.807, 2.05) is 19.1 Å². The molecule has 1 aromatic carbocycles. The number of nitrogens with zero attached hydrogens (tertiary/aromatic N) is 1. The molecule has 136 valence electrons. The van der Waals surface area contributed by atoms with E-state index in [4.69, 9.17) is 4.74 Å². The molecule has 2 amide bonds. The Morgan fingerprint density at radius 3 is 2.88 bits per heavy atom. The Kier molecular flexibility index (Phi) is 5.75. The van der Waals surface area contributed by atoms with Gasteiger partial charge in [0.25, 0.3) is 5.91 Å². The maximum absolute atomic E-state index is 12.2. The maximum Gasteiger partial charge on any atom is 0.269 e. The fourth-order valence-corrected chi connectivity index (χ4v) is 3.38. The Morgan fingerprint density at radius 2 is 2.15 bits per heavy atom. The van der Waals surface area contributed by atoms with Gasteiger partial charge in [-0.05, 0) is 24.6 Å². The van der Waals surface area contributed by atoms with Crippen molar-refractivity contribution in [3.63, 3.8) is 0 Å². The molecular formula is C18H20N4O3S. The Hall–Kier alpha value is -2.58. The van der Waals surface area contributed by atoms with Crippen molar-refractivity contribution in [2.24, 2.45) is 0 Å². The van der Waals surface area contributed by atoms with E-state index in [1.165, 1.54) is 6.20 Å². The quantitative estimate of drug-likeness (QED) is 0.745. The highest BCUT2D eigenvalue weighted by molar-refractivity contribution is 7.99. The van der Waals surface area contributed by atoms with Crippen molar-refractivity contribution in [3.8, 4) is 11.5 Å². The van der Waals surface area contributed by atoms with Gasteiger partial charge in [-0.3, -0.25) is 19.9 Å². The molecule has 26 heavy (non-hydrogen) atoms. The van der Waals surface area contributed by atoms with Gasteiger partial charge in [0.1, 0.15) is 17.2 Å². The van der Waals surface area contributed by atoms with Crippen LogP contribution in [0.1, 0.15) is 16.1 Å². The molecule has 3 rings (SSSR count). The SMILES string of the molecule is CNC(=O)c1cc(Oc2cc(NC(=O)C3CSCN3)ccc2C)ccn1. The van der Waals surface area contributed by atoms with Gasteiger partial charge in [-0.25, -0.2) is 0 Å². The Balaban J connectivity index is 1.75. The van der Waals surface area contributed by atoms with Crippen molar-refractivity contribution in [3.05, 3.63) is 47.8 Å². The van der Waals surface area contributed by atoms with Crippen molar-refractivity contribution < 1.29 is 14.3 Å². The number of carbonyl (C=O) groups is 2. The highest BCUT2D eigenvalue weighted by Gasteiger charge is 2.22. The molecule has 1 aliphatic heterocycles. The third-order valence-corrected chi connectivity index (χ3v) is 4.85. The van der Waals surface area contributed by atoms with Gasteiger partial charge < -0.3 is 15.4 Å². The van der Waals surface area contributed by atoms with Crippen molar-refractivity contribution in [2.75, 3.05) is 24.0 Å². The van der Waals surface area contributed by atoms with Crippen LogP contribution in [0, 0.1) is 6.92 Å². The number of aryl methyl sites for hydroxylation is 1. The third-order valence-electron chi connectivity index (χ3n) is 3.91. The number of hydrogen-bond acceptors (Lipinski definition) is 6. The summed E-state index contributed by atoms with van der Waals surface area (Å²) < 4.78 is 5.90. The Labute approximate surface area is 155 Å². The lowest BCUT2D eigenvalue weighted by atomic mass is 10.2. The highest BCUT2D eigenvalue weighted by atomic mass is 32.2. The lowest BCUT2D eigenvalue weighted by molar-refractivity contribution is -0.117. The molecule has 0 saturated carbocycles. The van der Waals surface area contributed by atoms with E-state index in [0.29, 0.717) is 17.2 Å². The number of benzene rings is 1. The molecule has 0 aliphatic carbocycles. The molecule has 7 nitrogen and oxygen atoms in total. The summed E-state index contributed by atoms with van der Waals surface area (Å²) in [4.78, 5) is 28.0. The topological polar surface area (TPSA) is 92.4 Å². The van der Waals surface area contributed by atoms with Crippen LogP contribution in [0.5, 0.6) is 11.5 Å². The zero-order valence-corrected chi connectivity index (χ0v) is 15.4. The molecule has 1 atom stereocenters. The van der Waals surface area contributed by atoms with Crippen LogP contribution in [-0.4, -0.2) is 41.5 Å². The average Bonchev–Trinajstić information content (AvgIpc) is 3.19. The maximum atomic E-state index is 12.2. The van der Waals surface area contributed by atoms with Crippen LogP contribution in [0.3, 0.4) is 0 Å². The van der Waals surface area contributed by atoms with Gasteiger partial charge in [-0.2, -0.15) is 0 Å². The third kappa shape index (κ3) is 4.33. The number of carbonyl (C=O) groups excluding carboxylic acids is 2. The zero-order chi connectivity index (χ0) is 18.5. The second kappa shape index (κ2) is 8.20. The summed E-state index contributed by atoms with van der Waals surface area (Å²) in [7, 11) is 1.55. The summed E-state index contributed by atoms with van der Waals surface area (Å²) >= 11 is 1.70. The summed E-state index contributed by atoms with van der Waals surface area (Å²) in [6.45, 7) is 1.91. The predicted molar refractivity (Wildman–Crippen MR) is 102 cm³/mol. The molecule has 0 spiro atoms. The summed E-state index contributed by atoms with van der Waals surface area (Å²) in [6.07, 6.45) is 1.52. The van der Waals surface area contributed by atoms with Gasteiger partial charge in [-0.1, -0.05) is 6.07 Å². The van der Waals surface area contributed by atoms with E-state index in [0.717, 1.165) is 17.2 Å². The van der Waals surface area contributed by atoms with Crippen LogP contribution >= 0.6 is 11.8 Å². The number of ether oxygens (including phenoxy) is 1. The molecule has 8 heteroatoms. The van der Waals surface area contributed by atoms with E-state index in [2.05, 4.69) is 20.9 Å². The summed E-state index contributed by atoms with van der Waals surface area (Å²) in [5.41, 5.74) is 1.85. The van der Waals surface area contributed by atoms with E-state index < -0.39 is 0 Å². The normalized spacial score (nSPS) is 16.2. The average molecular weight is 372 g/mol. The van der Waals surface area contributed by atoms with Crippen LogP contribution in [0.2, 0.25) is 0 Å². The van der Waals surface area contributed by atoms with E-state index in [1.54, 1.807) is 37.0 Å². The van der Waals surface area contributed by atoms with Crippen molar-refractivity contribution in [1.82, 2.24) is 15.6 Å². The van der Waals surface area contributed by atoms with Crippen molar-refractivity contribution >= 4 is 29.3 Å². The fraction of sp³-hybridized carbons (Fsp3) is 0.278. The van der Waals surface area contributed by atoms with Gasteiger partial charge in [-0.15, -0.1) is 11.8 Å². The first-order valence-corrected chi connectivity index (χ1v) is 9.31. The summed E-state index contributed by atoms with van der Waals surface area (Å²) in [6, 6.07) is 8.56. The molecule has 1 aromatic heterocycles. The molecule has 1 unspecified atom stereocenters. The van der Waals surface area contributed by atoms with Crippen LogP contribution < -0.4 is 20.7 Å². The molecule has 1 fully saturated rings. The second-order valence-corrected chi connectivity index (χ2v) is 6.83. The minimum Gasteiger partial charge on any atom is -0.457 e. The van der Waals surface area contributed by atoms with Gasteiger partial charge >= 0.3 is 0 Å². The van der Waals surface area contributed by atoms with Crippen molar-refractivity contribution in [2.45, 2.75) is 13.0 Å². The van der Waals surface area contributed by atoms with E-state index in [9.17, 15) is 9.59 Å². The van der Waals surface area contributed by atoms with Crippen molar-refractivity contribution in [1.29, 1.82) is 0 Å². The summed E-state index contributed by atoms with van der Waals surface area (Å²) in [5.74, 6) is 2.31. The van der Waals surface area contributed by atoms with Gasteiger partial charge in [0.15, 0.2) is 0 Å². The highest BCUT2D eigenvalue weighted by Crippen LogP contribution is 2.28. The first-order chi connectivity index (χ1) is 12.6. The van der Waals surface area contributed by atoms with Crippen LogP contribution in [0.4, 0.5) is 5.69 Å². The number of anilines is 1. The number of rotatable bonds is 5. The smallest absolute Gasteiger partial charge is 0.269 e. The Morgan fingerprint density at radius 1 is 1.31 bits per heavy atom. The standard InChI is InChI=1S/C18H20N4O3S/c1-11-3-4-12(22-18(24)15-9-26-10-21-15)7-16(11)25-13-5-6-20-14(8-13)17(23)19-2/h3-8,15,21H,9-10H2,1-2H3,(H,19,23)(H,22,24). The number of pyridine rings is 1. The van der Waals surface area contributed by atoms with Gasteiger partial charge in [0.05, 0.1) is 6.04 Å². The lowest BCUT2D eigenvalue weighted by Gasteiger charge is -2.14. The minimum atomic E-state index is -0.282. The van der Waals surface area contributed by atoms with Gasteiger partial charge in [0.2, 0.25) is 5.91 Å². The number of thioether (sulfide) groups is 1. The molecule has 1 aliphatic rings. The number of hydrogen-bond donors (Lipinski definition) is 3. The van der Waals surface area contributed by atoms with E-state index >= 15 is 0 Å².